The molecule has 0 unspecified atom stereocenters. The molecule has 1 N–H and O–H groups in total. The van der Waals surface area contributed by atoms with E-state index in [0.29, 0.717) is 5.92 Å². The van der Waals surface area contributed by atoms with Gasteiger partial charge in [-0.25, -0.2) is 4.68 Å². The Bertz CT molecular complexity index is 611. The lowest BCUT2D eigenvalue weighted by atomic mass is 9.81. The maximum atomic E-state index is 4.89. The molecule has 2 heterocycles. The number of aromatic nitrogens is 2. The monoisotopic (exact) mass is 317 g/mol. The van der Waals surface area contributed by atoms with E-state index in [1.54, 1.807) is 0 Å². The quantitative estimate of drug-likeness (QED) is 0.911. The lowest BCUT2D eigenvalue weighted by molar-refractivity contribution is 0.407. The molecule has 0 radical (unpaired) electrons. The number of nitrogens with zero attached hydrogens (tertiary/aromatic N) is 2. The molecule has 0 amide bonds. The van der Waals surface area contributed by atoms with E-state index in [2.05, 4.69) is 50.2 Å². The molecule has 0 saturated heterocycles. The van der Waals surface area contributed by atoms with Gasteiger partial charge in [0.2, 0.25) is 0 Å². The van der Waals surface area contributed by atoms with Crippen LogP contribution in [0.4, 0.5) is 5.82 Å². The number of benzene rings is 1. The summed E-state index contributed by atoms with van der Waals surface area (Å²) in [6.07, 6.45) is 5.10. The van der Waals surface area contributed by atoms with Crippen molar-refractivity contribution >= 4 is 21.7 Å². The van der Waals surface area contributed by atoms with Crippen molar-refractivity contribution in [2.75, 3.05) is 11.9 Å². The first-order valence-electron chi connectivity index (χ1n) is 6.94. The highest BCUT2D eigenvalue weighted by Crippen LogP contribution is 2.41. The van der Waals surface area contributed by atoms with Gasteiger partial charge in [-0.05, 0) is 43.5 Å². The van der Waals surface area contributed by atoms with Gasteiger partial charge in [-0.1, -0.05) is 22.4 Å². The van der Waals surface area contributed by atoms with Gasteiger partial charge in [0, 0.05) is 22.5 Å². The van der Waals surface area contributed by atoms with Gasteiger partial charge >= 0.3 is 0 Å². The second-order valence-electron chi connectivity index (χ2n) is 5.41. The molecule has 1 aliphatic heterocycles. The third-order valence-corrected chi connectivity index (χ3v) is 4.77. The molecule has 19 heavy (non-hydrogen) atoms. The highest BCUT2D eigenvalue weighted by molar-refractivity contribution is 9.10. The summed E-state index contributed by atoms with van der Waals surface area (Å²) in [7, 11) is 0. The van der Waals surface area contributed by atoms with Gasteiger partial charge in [0.05, 0.1) is 11.4 Å². The highest BCUT2D eigenvalue weighted by Gasteiger charge is 2.30. The summed E-state index contributed by atoms with van der Waals surface area (Å²) in [6.45, 7) is 1.05. The normalized spacial score (nSPS) is 17.9. The van der Waals surface area contributed by atoms with Crippen LogP contribution in [0.3, 0.4) is 0 Å². The molecule has 1 aromatic carbocycles. The van der Waals surface area contributed by atoms with E-state index in [1.807, 2.05) is 0 Å². The van der Waals surface area contributed by atoms with E-state index in [0.717, 1.165) is 23.1 Å². The Hall–Kier alpha value is -1.29. The topological polar surface area (TPSA) is 29.9 Å². The summed E-state index contributed by atoms with van der Waals surface area (Å²) >= 11 is 3.48. The molecular formula is C15H16BrN3. The van der Waals surface area contributed by atoms with Crippen LogP contribution in [0.1, 0.15) is 36.4 Å². The van der Waals surface area contributed by atoms with Crippen molar-refractivity contribution in [3.05, 3.63) is 40.0 Å². The fraction of sp³-hybridized carbons (Fsp3) is 0.400. The minimum Gasteiger partial charge on any atom is -0.369 e. The average Bonchev–Trinajstić information content (AvgIpc) is 2.92. The summed E-state index contributed by atoms with van der Waals surface area (Å²) < 4.78 is 3.19. The Labute approximate surface area is 121 Å². The number of rotatable bonds is 2. The van der Waals surface area contributed by atoms with Crippen LogP contribution >= 0.6 is 15.9 Å². The zero-order valence-corrected chi connectivity index (χ0v) is 12.3. The molecule has 0 spiro atoms. The van der Waals surface area contributed by atoms with Gasteiger partial charge in [0.1, 0.15) is 5.82 Å². The van der Waals surface area contributed by atoms with Crippen LogP contribution in [0.25, 0.3) is 5.69 Å². The van der Waals surface area contributed by atoms with Crippen molar-refractivity contribution < 1.29 is 0 Å². The first-order valence-corrected chi connectivity index (χ1v) is 7.74. The lowest BCUT2D eigenvalue weighted by Gasteiger charge is -2.24. The Morgan fingerprint density at radius 2 is 2.00 bits per heavy atom. The van der Waals surface area contributed by atoms with Gasteiger partial charge in [0.25, 0.3) is 0 Å². The van der Waals surface area contributed by atoms with Crippen LogP contribution in [0.5, 0.6) is 0 Å². The number of hydrogen-bond acceptors (Lipinski definition) is 2. The van der Waals surface area contributed by atoms with Crippen molar-refractivity contribution in [1.29, 1.82) is 0 Å². The molecular weight excluding hydrogens is 302 g/mol. The first-order chi connectivity index (χ1) is 9.33. The minimum atomic E-state index is 0.699. The molecule has 1 aliphatic carbocycles. The van der Waals surface area contributed by atoms with Crippen molar-refractivity contribution in [3.63, 3.8) is 0 Å². The maximum absolute atomic E-state index is 4.89. The fourth-order valence-electron chi connectivity index (χ4n) is 2.98. The number of anilines is 1. The van der Waals surface area contributed by atoms with Crippen LogP contribution in [-0.4, -0.2) is 16.3 Å². The number of halogens is 1. The third-order valence-electron chi connectivity index (χ3n) is 4.25. The molecule has 2 aliphatic rings. The molecule has 4 rings (SSSR count). The fourth-order valence-corrected chi connectivity index (χ4v) is 3.24. The van der Waals surface area contributed by atoms with E-state index >= 15 is 0 Å². The minimum absolute atomic E-state index is 0.699. The summed E-state index contributed by atoms with van der Waals surface area (Å²) in [5.41, 5.74) is 3.93. The van der Waals surface area contributed by atoms with Gasteiger partial charge in [-0.2, -0.15) is 5.10 Å². The second-order valence-corrected chi connectivity index (χ2v) is 6.32. The molecule has 2 aromatic rings. The van der Waals surface area contributed by atoms with E-state index in [-0.39, 0.29) is 0 Å². The Morgan fingerprint density at radius 3 is 2.68 bits per heavy atom. The van der Waals surface area contributed by atoms with Crippen molar-refractivity contribution in [3.8, 4) is 5.69 Å². The average molecular weight is 318 g/mol. The van der Waals surface area contributed by atoms with Gasteiger partial charge < -0.3 is 5.32 Å². The van der Waals surface area contributed by atoms with Crippen LogP contribution in [0.2, 0.25) is 0 Å². The summed E-state index contributed by atoms with van der Waals surface area (Å²) in [5, 5.41) is 8.39. The zero-order valence-electron chi connectivity index (χ0n) is 10.7. The SMILES string of the molecule is Brc1ccc(-n2nc(C3CCC3)c3c2NCC3)cc1. The third kappa shape index (κ3) is 1.81. The molecule has 3 nitrogen and oxygen atoms in total. The van der Waals surface area contributed by atoms with Crippen LogP contribution in [-0.2, 0) is 6.42 Å². The molecule has 1 aromatic heterocycles. The highest BCUT2D eigenvalue weighted by atomic mass is 79.9. The number of nitrogens with one attached hydrogen (secondary N) is 1. The molecule has 0 bridgehead atoms. The zero-order chi connectivity index (χ0) is 12.8. The van der Waals surface area contributed by atoms with Gasteiger partial charge in [0.15, 0.2) is 0 Å². The van der Waals surface area contributed by atoms with E-state index in [4.69, 9.17) is 5.10 Å². The Kier molecular flexibility index (Phi) is 2.65. The molecule has 1 fully saturated rings. The van der Waals surface area contributed by atoms with Crippen LogP contribution < -0.4 is 5.32 Å². The number of fused-ring (bicyclic) bond motifs is 1. The van der Waals surface area contributed by atoms with E-state index in [9.17, 15) is 0 Å². The Morgan fingerprint density at radius 1 is 1.21 bits per heavy atom. The van der Waals surface area contributed by atoms with Crippen LogP contribution in [0, 0.1) is 0 Å². The summed E-state index contributed by atoms with van der Waals surface area (Å²) in [5.74, 6) is 1.91. The summed E-state index contributed by atoms with van der Waals surface area (Å²) in [6, 6.07) is 8.37. The Balaban J connectivity index is 1.81. The van der Waals surface area contributed by atoms with E-state index in [1.165, 1.54) is 36.3 Å². The van der Waals surface area contributed by atoms with E-state index < -0.39 is 0 Å². The smallest absolute Gasteiger partial charge is 0.133 e. The molecule has 4 heteroatoms. The first kappa shape index (κ1) is 11.5. The maximum Gasteiger partial charge on any atom is 0.133 e. The standard InChI is InChI=1S/C15H16BrN3/c16-11-4-6-12(7-5-11)19-15-13(8-9-17-15)14(18-19)10-2-1-3-10/h4-7,10,17H,1-3,8-9H2. The summed E-state index contributed by atoms with van der Waals surface area (Å²) in [4.78, 5) is 0. The lowest BCUT2D eigenvalue weighted by Crippen LogP contribution is -2.12. The van der Waals surface area contributed by atoms with Gasteiger partial charge in [-0.15, -0.1) is 0 Å². The second kappa shape index (κ2) is 4.37. The van der Waals surface area contributed by atoms with Crippen molar-refractivity contribution in [2.45, 2.75) is 31.6 Å². The van der Waals surface area contributed by atoms with Crippen molar-refractivity contribution in [2.24, 2.45) is 0 Å². The van der Waals surface area contributed by atoms with Crippen LogP contribution in [0.15, 0.2) is 28.7 Å². The predicted octanol–water partition coefficient (Wildman–Crippen LogP) is 3.87. The van der Waals surface area contributed by atoms with Crippen molar-refractivity contribution in [1.82, 2.24) is 9.78 Å². The number of hydrogen-bond donors (Lipinski definition) is 1. The van der Waals surface area contributed by atoms with Gasteiger partial charge in [-0.3, -0.25) is 0 Å². The molecule has 98 valence electrons. The largest absolute Gasteiger partial charge is 0.369 e. The molecule has 0 atom stereocenters. The predicted molar refractivity (Wildman–Crippen MR) is 80.0 cm³/mol. The molecule has 1 saturated carbocycles.